The summed E-state index contributed by atoms with van der Waals surface area (Å²) < 4.78 is 5.31. The molecular formula is C19H28N2O3. The van der Waals surface area contributed by atoms with Crippen LogP contribution in [-0.2, 0) is 11.3 Å². The van der Waals surface area contributed by atoms with Gasteiger partial charge in [0.1, 0.15) is 5.75 Å². The molecule has 1 saturated carbocycles. The molecule has 24 heavy (non-hydrogen) atoms. The largest absolute Gasteiger partial charge is 0.496 e. The molecule has 1 amide bonds. The zero-order valence-corrected chi connectivity index (χ0v) is 14.6. The Labute approximate surface area is 144 Å². The van der Waals surface area contributed by atoms with Gasteiger partial charge in [0, 0.05) is 44.1 Å². The third-order valence-corrected chi connectivity index (χ3v) is 5.42. The summed E-state index contributed by atoms with van der Waals surface area (Å²) in [5.74, 6) is 1.39. The predicted octanol–water partition coefficient (Wildman–Crippen LogP) is 1.71. The molecule has 2 fully saturated rings. The highest BCUT2D eigenvalue weighted by atomic mass is 16.5. The third kappa shape index (κ3) is 3.73. The van der Waals surface area contributed by atoms with Crippen LogP contribution in [0.4, 0.5) is 0 Å². The molecule has 3 rings (SSSR count). The minimum atomic E-state index is 0.0578. The topological polar surface area (TPSA) is 61.8 Å². The van der Waals surface area contributed by atoms with Crippen LogP contribution in [0, 0.1) is 18.8 Å². The standard InChI is InChI=1S/C19H28N2O3/c1-13-8-14(6-7-18(13)24-2)9-21-10-16(12-22)17(11-21)20-19(23)15-4-3-5-15/h6-8,15-17,22H,3-5,9-12H2,1-2H3,(H,20,23)/t16-,17+/m0/s1. The van der Waals surface area contributed by atoms with Crippen molar-refractivity contribution in [3.63, 3.8) is 0 Å². The first-order chi connectivity index (χ1) is 11.6. The lowest BCUT2D eigenvalue weighted by molar-refractivity contribution is -0.128. The van der Waals surface area contributed by atoms with Gasteiger partial charge in [-0.25, -0.2) is 0 Å². The fraction of sp³-hybridized carbons (Fsp3) is 0.632. The highest BCUT2D eigenvalue weighted by molar-refractivity contribution is 5.79. The van der Waals surface area contributed by atoms with Crippen LogP contribution < -0.4 is 10.1 Å². The van der Waals surface area contributed by atoms with Gasteiger partial charge in [-0.1, -0.05) is 18.6 Å². The molecule has 1 aromatic rings. The number of ether oxygens (including phenoxy) is 1. The van der Waals surface area contributed by atoms with E-state index in [1.807, 2.05) is 13.0 Å². The number of nitrogens with one attached hydrogen (secondary N) is 1. The first-order valence-corrected chi connectivity index (χ1v) is 8.87. The van der Waals surface area contributed by atoms with Gasteiger partial charge in [0.25, 0.3) is 0 Å². The average Bonchev–Trinajstić information content (AvgIpc) is 2.87. The van der Waals surface area contributed by atoms with E-state index < -0.39 is 0 Å². The maximum Gasteiger partial charge on any atom is 0.223 e. The molecule has 0 radical (unpaired) electrons. The van der Waals surface area contributed by atoms with Gasteiger partial charge in [-0.3, -0.25) is 9.69 Å². The van der Waals surface area contributed by atoms with Gasteiger partial charge < -0.3 is 15.2 Å². The Balaban J connectivity index is 1.59. The molecule has 1 aliphatic carbocycles. The molecule has 1 heterocycles. The lowest BCUT2D eigenvalue weighted by Gasteiger charge is -2.27. The molecule has 0 bridgehead atoms. The zero-order chi connectivity index (χ0) is 17.1. The fourth-order valence-electron chi connectivity index (χ4n) is 3.71. The maximum atomic E-state index is 12.2. The van der Waals surface area contributed by atoms with Crippen LogP contribution in [0.25, 0.3) is 0 Å². The normalized spacial score (nSPS) is 24.6. The van der Waals surface area contributed by atoms with Crippen LogP contribution >= 0.6 is 0 Å². The number of carbonyl (C=O) groups is 1. The molecule has 2 aliphatic rings. The van der Waals surface area contributed by atoms with E-state index in [1.165, 1.54) is 5.56 Å². The number of likely N-dealkylation sites (tertiary alicyclic amines) is 1. The number of aliphatic hydroxyl groups excluding tert-OH is 1. The summed E-state index contributed by atoms with van der Waals surface area (Å²) in [4.78, 5) is 14.5. The van der Waals surface area contributed by atoms with E-state index in [9.17, 15) is 9.90 Å². The Bertz CT molecular complexity index is 586. The molecule has 1 aliphatic heterocycles. The average molecular weight is 332 g/mol. The predicted molar refractivity (Wildman–Crippen MR) is 92.9 cm³/mol. The van der Waals surface area contributed by atoms with E-state index in [1.54, 1.807) is 7.11 Å². The van der Waals surface area contributed by atoms with Gasteiger partial charge >= 0.3 is 0 Å². The third-order valence-electron chi connectivity index (χ3n) is 5.42. The van der Waals surface area contributed by atoms with Crippen molar-refractivity contribution in [1.29, 1.82) is 0 Å². The van der Waals surface area contributed by atoms with E-state index in [0.717, 1.165) is 50.2 Å². The molecule has 1 saturated heterocycles. The summed E-state index contributed by atoms with van der Waals surface area (Å²) in [6.45, 7) is 4.61. The number of aliphatic hydroxyl groups is 1. The van der Waals surface area contributed by atoms with Crippen molar-refractivity contribution in [2.24, 2.45) is 11.8 Å². The van der Waals surface area contributed by atoms with Crippen LogP contribution in [0.1, 0.15) is 30.4 Å². The minimum absolute atomic E-state index is 0.0578. The monoisotopic (exact) mass is 332 g/mol. The summed E-state index contributed by atoms with van der Waals surface area (Å²) in [7, 11) is 1.68. The van der Waals surface area contributed by atoms with Gasteiger partial charge in [-0.15, -0.1) is 0 Å². The van der Waals surface area contributed by atoms with Crippen LogP contribution in [-0.4, -0.2) is 48.8 Å². The van der Waals surface area contributed by atoms with Crippen LogP contribution in [0.2, 0.25) is 0 Å². The van der Waals surface area contributed by atoms with Crippen molar-refractivity contribution >= 4 is 5.91 Å². The van der Waals surface area contributed by atoms with Crippen molar-refractivity contribution in [2.75, 3.05) is 26.8 Å². The SMILES string of the molecule is COc1ccc(CN2C[C@@H](CO)[C@H](NC(=O)C3CCC3)C2)cc1C. The van der Waals surface area contributed by atoms with E-state index >= 15 is 0 Å². The highest BCUT2D eigenvalue weighted by Gasteiger charge is 2.35. The number of nitrogens with zero attached hydrogens (tertiary/aromatic N) is 1. The lowest BCUT2D eigenvalue weighted by Crippen LogP contribution is -2.45. The van der Waals surface area contributed by atoms with Gasteiger partial charge in [-0.2, -0.15) is 0 Å². The lowest BCUT2D eigenvalue weighted by atomic mass is 9.84. The number of amides is 1. The van der Waals surface area contributed by atoms with Crippen molar-refractivity contribution in [3.05, 3.63) is 29.3 Å². The van der Waals surface area contributed by atoms with Gasteiger partial charge in [0.15, 0.2) is 0 Å². The summed E-state index contributed by atoms with van der Waals surface area (Å²) in [5.41, 5.74) is 2.36. The maximum absolute atomic E-state index is 12.2. The molecular weight excluding hydrogens is 304 g/mol. The molecule has 0 unspecified atom stereocenters. The number of benzene rings is 1. The minimum Gasteiger partial charge on any atom is -0.496 e. The van der Waals surface area contributed by atoms with E-state index in [2.05, 4.69) is 22.3 Å². The molecule has 5 nitrogen and oxygen atoms in total. The van der Waals surface area contributed by atoms with Crippen LogP contribution in [0.15, 0.2) is 18.2 Å². The van der Waals surface area contributed by atoms with Crippen molar-refractivity contribution < 1.29 is 14.6 Å². The molecule has 132 valence electrons. The Morgan fingerprint density at radius 2 is 2.17 bits per heavy atom. The van der Waals surface area contributed by atoms with Crippen molar-refractivity contribution in [2.45, 2.75) is 38.8 Å². The first-order valence-electron chi connectivity index (χ1n) is 8.87. The number of methoxy groups -OCH3 is 1. The molecule has 0 spiro atoms. The number of carbonyl (C=O) groups excluding carboxylic acids is 1. The molecule has 1 aromatic carbocycles. The van der Waals surface area contributed by atoms with Crippen LogP contribution in [0.5, 0.6) is 5.75 Å². The van der Waals surface area contributed by atoms with E-state index in [-0.39, 0.29) is 30.4 Å². The van der Waals surface area contributed by atoms with E-state index in [4.69, 9.17) is 4.74 Å². The highest BCUT2D eigenvalue weighted by Crippen LogP contribution is 2.28. The quantitative estimate of drug-likeness (QED) is 0.833. The van der Waals surface area contributed by atoms with Crippen molar-refractivity contribution in [1.82, 2.24) is 10.2 Å². The molecule has 0 aromatic heterocycles. The van der Waals surface area contributed by atoms with E-state index in [0.29, 0.717) is 0 Å². The van der Waals surface area contributed by atoms with Gasteiger partial charge in [0.05, 0.1) is 7.11 Å². The second kappa shape index (κ2) is 7.53. The van der Waals surface area contributed by atoms with Gasteiger partial charge in [-0.05, 0) is 37.0 Å². The molecule has 5 heteroatoms. The number of aryl methyl sites for hydroxylation is 1. The second-order valence-electron chi connectivity index (χ2n) is 7.18. The molecule has 2 atom stereocenters. The van der Waals surface area contributed by atoms with Crippen molar-refractivity contribution in [3.8, 4) is 5.75 Å². The summed E-state index contributed by atoms with van der Waals surface area (Å²) in [6, 6.07) is 6.29. The Morgan fingerprint density at radius 1 is 1.38 bits per heavy atom. The van der Waals surface area contributed by atoms with Crippen LogP contribution in [0.3, 0.4) is 0 Å². The number of rotatable bonds is 6. The number of hydrogen-bond acceptors (Lipinski definition) is 4. The Kier molecular flexibility index (Phi) is 5.41. The summed E-state index contributed by atoms with van der Waals surface area (Å²) >= 11 is 0. The summed E-state index contributed by atoms with van der Waals surface area (Å²) in [5, 5.41) is 12.8. The smallest absolute Gasteiger partial charge is 0.223 e. The summed E-state index contributed by atoms with van der Waals surface area (Å²) in [6.07, 6.45) is 3.18. The fourth-order valence-corrected chi connectivity index (χ4v) is 3.71. The number of hydrogen-bond donors (Lipinski definition) is 2. The Morgan fingerprint density at radius 3 is 2.75 bits per heavy atom. The molecule has 2 N–H and O–H groups in total. The Hall–Kier alpha value is -1.59. The second-order valence-corrected chi connectivity index (χ2v) is 7.18. The first kappa shape index (κ1) is 17.2. The zero-order valence-electron chi connectivity index (χ0n) is 14.6. The van der Waals surface area contributed by atoms with Gasteiger partial charge in [0.2, 0.25) is 5.91 Å².